The van der Waals surface area contributed by atoms with Crippen molar-refractivity contribution in [1.29, 1.82) is 0 Å². The fraction of sp³-hybridized carbons (Fsp3) is 0.400. The molecular weight excluding hydrogens is 395 g/mol. The monoisotopic (exact) mass is 424 g/mol. The molecule has 0 spiro atoms. The van der Waals surface area contributed by atoms with E-state index >= 15 is 0 Å². The van der Waals surface area contributed by atoms with E-state index in [4.69, 9.17) is 9.15 Å². The molecule has 2 aromatic carbocycles. The van der Waals surface area contributed by atoms with Crippen LogP contribution in [0.1, 0.15) is 42.8 Å². The number of rotatable bonds is 6. The van der Waals surface area contributed by atoms with Gasteiger partial charge >= 0.3 is 0 Å². The number of anilines is 1. The SMILES string of the molecule is CC(C)OCc1c(C(=O)N(C)C2CCN(c3ccc(F)cc3)CC2)oc2ccccc12. The van der Waals surface area contributed by atoms with Crippen LogP contribution in [-0.2, 0) is 11.3 Å². The molecule has 4 rings (SSSR count). The molecule has 1 fully saturated rings. The van der Waals surface area contributed by atoms with Crippen molar-refractivity contribution in [3.8, 4) is 0 Å². The third-order valence-electron chi connectivity index (χ3n) is 5.98. The fourth-order valence-electron chi connectivity index (χ4n) is 4.15. The summed E-state index contributed by atoms with van der Waals surface area (Å²) >= 11 is 0. The number of halogens is 1. The standard InChI is InChI=1S/C25H29FN2O3/c1-17(2)30-16-22-21-6-4-5-7-23(21)31-24(22)25(29)27(3)19-12-14-28(15-13-19)20-10-8-18(26)9-11-20/h4-11,17,19H,12-16H2,1-3H3. The lowest BCUT2D eigenvalue weighted by Gasteiger charge is -2.37. The summed E-state index contributed by atoms with van der Waals surface area (Å²) in [6.07, 6.45) is 1.75. The number of piperidine rings is 1. The van der Waals surface area contributed by atoms with Crippen molar-refractivity contribution in [2.45, 2.75) is 45.4 Å². The van der Waals surface area contributed by atoms with Crippen molar-refractivity contribution in [2.24, 2.45) is 0 Å². The molecule has 31 heavy (non-hydrogen) atoms. The summed E-state index contributed by atoms with van der Waals surface area (Å²) in [6.45, 7) is 5.93. The Hall–Kier alpha value is -2.86. The number of nitrogens with zero attached hydrogens (tertiary/aromatic N) is 2. The van der Waals surface area contributed by atoms with Gasteiger partial charge in [-0.15, -0.1) is 0 Å². The van der Waals surface area contributed by atoms with Crippen molar-refractivity contribution in [3.05, 3.63) is 65.7 Å². The average molecular weight is 425 g/mol. The minimum absolute atomic E-state index is 0.0603. The Morgan fingerprint density at radius 3 is 2.52 bits per heavy atom. The highest BCUT2D eigenvalue weighted by Gasteiger charge is 2.30. The Kier molecular flexibility index (Phi) is 6.28. The predicted octanol–water partition coefficient (Wildman–Crippen LogP) is 5.24. The van der Waals surface area contributed by atoms with Crippen LogP contribution in [0.3, 0.4) is 0 Å². The molecule has 1 saturated heterocycles. The van der Waals surface area contributed by atoms with E-state index < -0.39 is 0 Å². The van der Waals surface area contributed by atoms with Gasteiger partial charge in [0.1, 0.15) is 11.4 Å². The van der Waals surface area contributed by atoms with E-state index in [1.165, 1.54) is 12.1 Å². The molecule has 1 aromatic heterocycles. The Morgan fingerprint density at radius 1 is 1.16 bits per heavy atom. The molecule has 0 radical (unpaired) electrons. The zero-order valence-electron chi connectivity index (χ0n) is 18.3. The zero-order valence-corrected chi connectivity index (χ0v) is 18.3. The lowest BCUT2D eigenvalue weighted by molar-refractivity contribution is 0.0594. The second kappa shape index (κ2) is 9.10. The van der Waals surface area contributed by atoms with Gasteiger partial charge in [-0.05, 0) is 57.0 Å². The minimum atomic E-state index is -0.230. The molecule has 0 atom stereocenters. The van der Waals surface area contributed by atoms with Crippen molar-refractivity contribution < 1.29 is 18.3 Å². The highest BCUT2D eigenvalue weighted by molar-refractivity contribution is 5.99. The van der Waals surface area contributed by atoms with E-state index in [-0.39, 0.29) is 23.9 Å². The van der Waals surface area contributed by atoms with Crippen LogP contribution in [0.15, 0.2) is 52.9 Å². The van der Waals surface area contributed by atoms with Crippen LogP contribution in [0.4, 0.5) is 10.1 Å². The highest BCUT2D eigenvalue weighted by Crippen LogP contribution is 2.29. The van der Waals surface area contributed by atoms with Crippen molar-refractivity contribution in [3.63, 3.8) is 0 Å². The van der Waals surface area contributed by atoms with E-state index in [0.29, 0.717) is 18.0 Å². The molecule has 164 valence electrons. The lowest BCUT2D eigenvalue weighted by Crippen LogP contribution is -2.45. The number of para-hydroxylation sites is 1. The largest absolute Gasteiger partial charge is 0.451 e. The van der Waals surface area contributed by atoms with Gasteiger partial charge in [-0.25, -0.2) is 4.39 Å². The number of ether oxygens (including phenoxy) is 1. The Bertz CT molecular complexity index is 1040. The van der Waals surface area contributed by atoms with Gasteiger partial charge in [-0.2, -0.15) is 0 Å². The lowest BCUT2D eigenvalue weighted by atomic mass is 10.0. The van der Waals surface area contributed by atoms with Gasteiger partial charge < -0.3 is 19.0 Å². The van der Waals surface area contributed by atoms with Gasteiger partial charge in [-0.1, -0.05) is 18.2 Å². The van der Waals surface area contributed by atoms with Crippen LogP contribution >= 0.6 is 0 Å². The highest BCUT2D eigenvalue weighted by atomic mass is 19.1. The molecule has 0 unspecified atom stereocenters. The number of amides is 1. The molecule has 5 nitrogen and oxygen atoms in total. The van der Waals surface area contributed by atoms with Crippen LogP contribution in [0, 0.1) is 5.82 Å². The van der Waals surface area contributed by atoms with Gasteiger partial charge in [0.05, 0.1) is 12.7 Å². The summed E-state index contributed by atoms with van der Waals surface area (Å²) in [5.41, 5.74) is 2.52. The van der Waals surface area contributed by atoms with Crippen LogP contribution in [-0.4, -0.2) is 43.1 Å². The molecule has 6 heteroatoms. The van der Waals surface area contributed by atoms with E-state index in [2.05, 4.69) is 4.90 Å². The first-order valence-corrected chi connectivity index (χ1v) is 10.8. The Morgan fingerprint density at radius 2 is 1.84 bits per heavy atom. The molecule has 2 heterocycles. The predicted molar refractivity (Wildman–Crippen MR) is 120 cm³/mol. The van der Waals surface area contributed by atoms with E-state index in [0.717, 1.165) is 42.6 Å². The summed E-state index contributed by atoms with van der Waals surface area (Å²) in [5.74, 6) is 0.0242. The van der Waals surface area contributed by atoms with Crippen LogP contribution < -0.4 is 4.90 Å². The second-order valence-corrected chi connectivity index (χ2v) is 8.38. The molecule has 1 aliphatic heterocycles. The third kappa shape index (κ3) is 4.59. The maximum atomic E-state index is 13.4. The molecule has 1 amide bonds. The molecule has 0 aliphatic carbocycles. The van der Waals surface area contributed by atoms with Crippen LogP contribution in [0.2, 0.25) is 0 Å². The number of carbonyl (C=O) groups excluding carboxylic acids is 1. The van der Waals surface area contributed by atoms with Crippen LogP contribution in [0.25, 0.3) is 11.0 Å². The first kappa shape index (κ1) is 21.4. The van der Waals surface area contributed by atoms with Crippen molar-refractivity contribution in [2.75, 3.05) is 25.0 Å². The summed E-state index contributed by atoms with van der Waals surface area (Å²) in [4.78, 5) is 17.4. The van der Waals surface area contributed by atoms with Gasteiger partial charge in [0, 0.05) is 42.8 Å². The van der Waals surface area contributed by atoms with Gasteiger partial charge in [0.2, 0.25) is 0 Å². The quantitative estimate of drug-likeness (QED) is 0.543. The maximum absolute atomic E-state index is 13.4. The number of hydrogen-bond acceptors (Lipinski definition) is 4. The average Bonchev–Trinajstić information content (AvgIpc) is 3.16. The minimum Gasteiger partial charge on any atom is -0.451 e. The molecule has 1 aliphatic rings. The van der Waals surface area contributed by atoms with Crippen molar-refractivity contribution in [1.82, 2.24) is 4.90 Å². The molecule has 0 N–H and O–H groups in total. The number of hydrogen-bond donors (Lipinski definition) is 0. The van der Waals surface area contributed by atoms with E-state index in [9.17, 15) is 9.18 Å². The topological polar surface area (TPSA) is 45.9 Å². The van der Waals surface area contributed by atoms with E-state index in [1.807, 2.05) is 45.2 Å². The summed E-state index contributed by atoms with van der Waals surface area (Å²) in [5, 5.41) is 0.922. The fourth-order valence-corrected chi connectivity index (χ4v) is 4.15. The molecule has 3 aromatic rings. The number of carbonyl (C=O) groups is 1. The first-order valence-electron chi connectivity index (χ1n) is 10.8. The third-order valence-corrected chi connectivity index (χ3v) is 5.98. The first-order chi connectivity index (χ1) is 14.9. The summed E-state index contributed by atoms with van der Waals surface area (Å²) in [7, 11) is 1.85. The molecular formula is C25H29FN2O3. The Labute approximate surface area is 182 Å². The van der Waals surface area contributed by atoms with Gasteiger partial charge in [0.25, 0.3) is 5.91 Å². The maximum Gasteiger partial charge on any atom is 0.289 e. The molecule has 0 bridgehead atoms. The number of furan rings is 1. The second-order valence-electron chi connectivity index (χ2n) is 8.38. The summed E-state index contributed by atoms with van der Waals surface area (Å²) < 4.78 is 25.0. The molecule has 0 saturated carbocycles. The normalized spacial score (nSPS) is 15.1. The van der Waals surface area contributed by atoms with E-state index in [1.54, 1.807) is 17.0 Å². The van der Waals surface area contributed by atoms with Crippen LogP contribution in [0.5, 0.6) is 0 Å². The number of benzene rings is 2. The Balaban J connectivity index is 1.49. The zero-order chi connectivity index (χ0) is 22.0. The number of fused-ring (bicyclic) bond motifs is 1. The van der Waals surface area contributed by atoms with Gasteiger partial charge in [-0.3, -0.25) is 4.79 Å². The summed E-state index contributed by atoms with van der Waals surface area (Å²) in [6, 6.07) is 14.4. The smallest absolute Gasteiger partial charge is 0.289 e. The van der Waals surface area contributed by atoms with Gasteiger partial charge in [0.15, 0.2) is 5.76 Å². The van der Waals surface area contributed by atoms with Crippen molar-refractivity contribution >= 4 is 22.6 Å².